The molecule has 0 saturated carbocycles. The molecule has 6 nitrogen and oxygen atoms in total. The van der Waals surface area contributed by atoms with Crippen molar-refractivity contribution in [3.63, 3.8) is 0 Å². The molecule has 0 amide bonds. The number of esters is 1. The van der Waals surface area contributed by atoms with Crippen LogP contribution in [0, 0.1) is 0 Å². The van der Waals surface area contributed by atoms with Gasteiger partial charge in [-0.3, -0.25) is 4.79 Å². The van der Waals surface area contributed by atoms with Crippen LogP contribution < -0.4 is 5.32 Å². The lowest BCUT2D eigenvalue weighted by Crippen LogP contribution is -2.52. The van der Waals surface area contributed by atoms with Crippen molar-refractivity contribution in [2.24, 2.45) is 0 Å². The number of carbonyl (C=O) groups excluding carboxylic acids is 1. The minimum atomic E-state index is -3.53. The standard InChI is InChI=1S/C11H22N2O4S/c1-4-17-10(14)9-18(15,16)13-7-5-11(2,12-3)6-8-13/h12H,4-9H2,1-3H3. The van der Waals surface area contributed by atoms with Gasteiger partial charge in [0, 0.05) is 18.6 Å². The third-order valence-corrected chi connectivity index (χ3v) is 5.18. The lowest BCUT2D eigenvalue weighted by atomic mass is 9.91. The number of piperidine rings is 1. The molecule has 106 valence electrons. The summed E-state index contributed by atoms with van der Waals surface area (Å²) in [6.45, 7) is 4.82. The zero-order valence-corrected chi connectivity index (χ0v) is 12.0. The molecule has 7 heteroatoms. The zero-order chi connectivity index (χ0) is 13.8. The molecule has 1 saturated heterocycles. The average Bonchev–Trinajstić information content (AvgIpc) is 2.29. The van der Waals surface area contributed by atoms with E-state index in [1.54, 1.807) is 6.92 Å². The fraction of sp³-hybridized carbons (Fsp3) is 0.909. The summed E-state index contributed by atoms with van der Waals surface area (Å²) in [7, 11) is -1.65. The normalized spacial score (nSPS) is 20.6. The summed E-state index contributed by atoms with van der Waals surface area (Å²) in [5.41, 5.74) is -0.0179. The Morgan fingerprint density at radius 2 is 1.94 bits per heavy atom. The summed E-state index contributed by atoms with van der Waals surface area (Å²) in [6, 6.07) is 0. The van der Waals surface area contributed by atoms with Crippen molar-refractivity contribution in [3.05, 3.63) is 0 Å². The van der Waals surface area contributed by atoms with Crippen LogP contribution >= 0.6 is 0 Å². The Bertz CT molecular complexity index is 386. The van der Waals surface area contributed by atoms with Crippen molar-refractivity contribution in [3.8, 4) is 0 Å². The monoisotopic (exact) mass is 278 g/mol. The highest BCUT2D eigenvalue weighted by Crippen LogP contribution is 2.23. The molecule has 0 radical (unpaired) electrons. The van der Waals surface area contributed by atoms with Gasteiger partial charge in [0.25, 0.3) is 0 Å². The minimum absolute atomic E-state index is 0.0179. The summed E-state index contributed by atoms with van der Waals surface area (Å²) in [6.07, 6.45) is 1.48. The predicted octanol–water partition coefficient (Wildman–Crippen LogP) is -0.0468. The van der Waals surface area contributed by atoms with E-state index in [9.17, 15) is 13.2 Å². The van der Waals surface area contributed by atoms with Gasteiger partial charge in [-0.25, -0.2) is 12.7 Å². The number of hydrogen-bond acceptors (Lipinski definition) is 5. The van der Waals surface area contributed by atoms with Crippen molar-refractivity contribution in [2.45, 2.75) is 32.2 Å². The molecular formula is C11H22N2O4S. The van der Waals surface area contributed by atoms with Crippen LogP contribution in [0.3, 0.4) is 0 Å². The number of hydrogen-bond donors (Lipinski definition) is 1. The molecule has 1 aliphatic rings. The number of rotatable bonds is 5. The van der Waals surface area contributed by atoms with Gasteiger partial charge in [-0.2, -0.15) is 0 Å². The van der Waals surface area contributed by atoms with Crippen LogP contribution in [0.15, 0.2) is 0 Å². The zero-order valence-electron chi connectivity index (χ0n) is 11.2. The molecule has 0 unspecified atom stereocenters. The van der Waals surface area contributed by atoms with E-state index in [-0.39, 0.29) is 12.1 Å². The van der Waals surface area contributed by atoms with Gasteiger partial charge in [0.2, 0.25) is 10.0 Å². The second-order valence-corrected chi connectivity index (χ2v) is 6.74. The maximum atomic E-state index is 12.0. The average molecular weight is 278 g/mol. The molecule has 0 aromatic rings. The van der Waals surface area contributed by atoms with Crippen LogP contribution in [-0.2, 0) is 19.6 Å². The molecule has 18 heavy (non-hydrogen) atoms. The van der Waals surface area contributed by atoms with Gasteiger partial charge in [0.1, 0.15) is 0 Å². The Labute approximate surface area is 109 Å². The Kier molecular flexibility index (Phi) is 5.12. The van der Waals surface area contributed by atoms with Crippen LogP contribution in [0.4, 0.5) is 0 Å². The van der Waals surface area contributed by atoms with Gasteiger partial charge in [-0.1, -0.05) is 0 Å². The largest absolute Gasteiger partial charge is 0.465 e. The maximum absolute atomic E-state index is 12.0. The summed E-state index contributed by atoms with van der Waals surface area (Å²) >= 11 is 0. The molecule has 1 heterocycles. The Hall–Kier alpha value is -0.660. The van der Waals surface area contributed by atoms with Crippen LogP contribution in [0.5, 0.6) is 0 Å². The summed E-state index contributed by atoms with van der Waals surface area (Å²) < 4.78 is 30.0. The fourth-order valence-corrected chi connectivity index (χ4v) is 3.25. The second-order valence-electron chi connectivity index (χ2n) is 4.77. The molecule has 0 aliphatic carbocycles. The Morgan fingerprint density at radius 1 is 1.39 bits per heavy atom. The third-order valence-electron chi connectivity index (χ3n) is 3.43. The van der Waals surface area contributed by atoms with Crippen LogP contribution in [0.25, 0.3) is 0 Å². The number of nitrogens with zero attached hydrogens (tertiary/aromatic N) is 1. The van der Waals surface area contributed by atoms with E-state index in [1.807, 2.05) is 7.05 Å². The number of ether oxygens (including phenoxy) is 1. The molecule has 0 bridgehead atoms. The topological polar surface area (TPSA) is 75.7 Å². The van der Waals surface area contributed by atoms with Gasteiger partial charge in [-0.05, 0) is 33.7 Å². The first-order valence-electron chi connectivity index (χ1n) is 6.15. The van der Waals surface area contributed by atoms with E-state index >= 15 is 0 Å². The van der Waals surface area contributed by atoms with E-state index in [2.05, 4.69) is 17.0 Å². The lowest BCUT2D eigenvalue weighted by Gasteiger charge is -2.38. The lowest BCUT2D eigenvalue weighted by molar-refractivity contribution is -0.140. The van der Waals surface area contributed by atoms with Crippen molar-refractivity contribution in [1.29, 1.82) is 0 Å². The van der Waals surface area contributed by atoms with Crippen LogP contribution in [0.1, 0.15) is 26.7 Å². The molecule has 1 rings (SSSR count). The predicted molar refractivity (Wildman–Crippen MR) is 68.7 cm³/mol. The number of nitrogens with one attached hydrogen (secondary N) is 1. The highest BCUT2D eigenvalue weighted by molar-refractivity contribution is 7.89. The first-order valence-corrected chi connectivity index (χ1v) is 7.76. The number of sulfonamides is 1. The highest BCUT2D eigenvalue weighted by atomic mass is 32.2. The second kappa shape index (κ2) is 5.99. The SMILES string of the molecule is CCOC(=O)CS(=O)(=O)N1CCC(C)(NC)CC1. The molecule has 1 fully saturated rings. The molecule has 1 aliphatic heterocycles. The molecular weight excluding hydrogens is 256 g/mol. The van der Waals surface area contributed by atoms with Crippen molar-refractivity contribution in [2.75, 3.05) is 32.5 Å². The quantitative estimate of drug-likeness (QED) is 0.714. The van der Waals surface area contributed by atoms with Crippen molar-refractivity contribution < 1.29 is 17.9 Å². The summed E-state index contributed by atoms with van der Waals surface area (Å²) in [4.78, 5) is 11.2. The molecule has 0 spiro atoms. The first-order chi connectivity index (χ1) is 8.33. The van der Waals surface area contributed by atoms with Gasteiger partial charge in [0.15, 0.2) is 5.75 Å². The Morgan fingerprint density at radius 3 is 2.39 bits per heavy atom. The molecule has 0 aromatic heterocycles. The van der Waals surface area contributed by atoms with Crippen molar-refractivity contribution in [1.82, 2.24) is 9.62 Å². The Balaban J connectivity index is 2.58. The molecule has 1 N–H and O–H groups in total. The third kappa shape index (κ3) is 3.93. The van der Waals surface area contributed by atoms with E-state index in [0.29, 0.717) is 13.1 Å². The summed E-state index contributed by atoms with van der Waals surface area (Å²) in [5, 5.41) is 3.20. The van der Waals surface area contributed by atoms with E-state index in [4.69, 9.17) is 0 Å². The van der Waals surface area contributed by atoms with Gasteiger partial charge in [-0.15, -0.1) is 0 Å². The minimum Gasteiger partial charge on any atom is -0.465 e. The van der Waals surface area contributed by atoms with Crippen LogP contribution in [-0.4, -0.2) is 56.7 Å². The molecule has 0 aromatic carbocycles. The van der Waals surface area contributed by atoms with Crippen LogP contribution in [0.2, 0.25) is 0 Å². The summed E-state index contributed by atoms with van der Waals surface area (Å²) in [5.74, 6) is -1.24. The fourth-order valence-electron chi connectivity index (χ4n) is 1.95. The van der Waals surface area contributed by atoms with E-state index in [0.717, 1.165) is 12.8 Å². The first kappa shape index (κ1) is 15.4. The molecule has 0 atom stereocenters. The van der Waals surface area contributed by atoms with E-state index in [1.165, 1.54) is 4.31 Å². The van der Waals surface area contributed by atoms with Gasteiger partial charge < -0.3 is 10.1 Å². The maximum Gasteiger partial charge on any atom is 0.322 e. The highest BCUT2D eigenvalue weighted by Gasteiger charge is 2.34. The number of carbonyl (C=O) groups is 1. The van der Waals surface area contributed by atoms with E-state index < -0.39 is 21.7 Å². The van der Waals surface area contributed by atoms with Gasteiger partial charge >= 0.3 is 5.97 Å². The van der Waals surface area contributed by atoms with Crippen molar-refractivity contribution >= 4 is 16.0 Å². The van der Waals surface area contributed by atoms with Gasteiger partial charge in [0.05, 0.1) is 6.61 Å². The smallest absolute Gasteiger partial charge is 0.322 e.